The van der Waals surface area contributed by atoms with Crippen molar-refractivity contribution in [2.45, 2.75) is 50.9 Å². The predicted octanol–water partition coefficient (Wildman–Crippen LogP) is -1.10. The Hall–Kier alpha value is -9.72. The van der Waals surface area contributed by atoms with Gasteiger partial charge in [0.05, 0.1) is 73.3 Å². The molecule has 0 aliphatic carbocycles. The smallest absolute Gasteiger partial charge is 0.305 e. The summed E-state index contributed by atoms with van der Waals surface area (Å²) in [5.74, 6) is -10.7. The molecule has 26 heteroatoms. The van der Waals surface area contributed by atoms with Crippen LogP contribution in [0.2, 0.25) is 0 Å². The first-order valence-corrected chi connectivity index (χ1v) is 22.8. The van der Waals surface area contributed by atoms with Crippen molar-refractivity contribution < 1.29 is 86.5 Å². The molecular weight excluding hydrogens is 1000 g/mol. The first-order chi connectivity index (χ1) is 36.2. The number of carboxylic acids is 1. The maximum absolute atomic E-state index is 13.7. The van der Waals surface area contributed by atoms with Crippen LogP contribution in [0.25, 0.3) is 0 Å². The number of carbonyl (C=O) groups excluding carboxylic acids is 13. The Balaban J connectivity index is 0.000000282. The van der Waals surface area contributed by atoms with Crippen molar-refractivity contribution in [1.29, 1.82) is 0 Å². The van der Waals surface area contributed by atoms with Gasteiger partial charge in [-0.2, -0.15) is 0 Å². The maximum atomic E-state index is 13.7. The van der Waals surface area contributed by atoms with Crippen molar-refractivity contribution in [2.75, 3.05) is 59.5 Å². The van der Waals surface area contributed by atoms with Crippen LogP contribution >= 0.6 is 0 Å². The zero-order valence-electron chi connectivity index (χ0n) is 40.8. The van der Waals surface area contributed by atoms with E-state index in [1.54, 1.807) is 30.3 Å². The Kier molecular flexibility index (Phi) is 19.8. The molecule has 0 radical (unpaired) electrons. The molecule has 2 aliphatic rings. The number of aliphatic carboxylic acids is 1. The Morgan fingerprint density at radius 1 is 0.658 bits per heavy atom. The molecule has 4 atom stereocenters. The molecule has 398 valence electrons. The van der Waals surface area contributed by atoms with Gasteiger partial charge in [-0.25, -0.2) is 0 Å². The van der Waals surface area contributed by atoms with Crippen LogP contribution in [0.15, 0.2) is 95.6 Å². The number of benzene rings is 3. The highest BCUT2D eigenvalue weighted by Crippen LogP contribution is 2.34. The fourth-order valence-electron chi connectivity index (χ4n) is 7.81. The summed E-state index contributed by atoms with van der Waals surface area (Å²) in [6, 6.07) is 15.5. The molecule has 26 nitrogen and oxygen atoms in total. The van der Waals surface area contributed by atoms with E-state index in [4.69, 9.17) is 14.3 Å². The number of aldehydes is 2. The first-order valence-electron chi connectivity index (χ1n) is 22.8. The fourth-order valence-corrected chi connectivity index (χ4v) is 7.81. The Morgan fingerprint density at radius 3 is 1.59 bits per heavy atom. The summed E-state index contributed by atoms with van der Waals surface area (Å²) < 4.78 is 10.1. The summed E-state index contributed by atoms with van der Waals surface area (Å²) in [6.07, 6.45) is 0.953. The number of aliphatic hydroxyl groups is 1. The largest absolute Gasteiger partial charge is 0.496 e. The summed E-state index contributed by atoms with van der Waals surface area (Å²) in [7, 11) is 1.31. The molecule has 2 aliphatic heterocycles. The lowest BCUT2D eigenvalue weighted by Gasteiger charge is -2.25. The van der Waals surface area contributed by atoms with Crippen LogP contribution in [0, 0.1) is 0 Å². The van der Waals surface area contributed by atoms with Crippen LogP contribution < -0.4 is 45.6 Å². The SMILES string of the molecule is CC(=O)C[C@@H](C=O)NC(=O)CN1C(=O)[C@@H](NC(=O)C(=O)c2ccco2)CN(C(C)=O)c2ccccc21.COc1ccccc1C(=O)C(=O)N[C@H]1CN(C(=O)CO)c2ccccc2N(CC(=O)N[C@H](C=O)CC(=O)O)C1=O. The first kappa shape index (κ1) is 57.2. The lowest BCUT2D eigenvalue weighted by atomic mass is 10.1. The number of furan rings is 1. The van der Waals surface area contributed by atoms with Gasteiger partial charge >= 0.3 is 5.97 Å². The summed E-state index contributed by atoms with van der Waals surface area (Å²) >= 11 is 0. The molecule has 0 saturated heterocycles. The molecule has 3 aromatic carbocycles. The molecule has 6 N–H and O–H groups in total. The van der Waals surface area contributed by atoms with Crippen LogP contribution in [0.1, 0.15) is 47.6 Å². The molecule has 76 heavy (non-hydrogen) atoms. The fraction of sp³-hybridized carbons (Fsp3) is 0.280. The summed E-state index contributed by atoms with van der Waals surface area (Å²) in [5.41, 5.74) is 0.600. The number of methoxy groups -OCH3 is 1. The van der Waals surface area contributed by atoms with Crippen LogP contribution in [0.4, 0.5) is 22.7 Å². The molecule has 4 aromatic rings. The van der Waals surface area contributed by atoms with E-state index in [0.717, 1.165) is 14.7 Å². The second kappa shape index (κ2) is 26.3. The summed E-state index contributed by atoms with van der Waals surface area (Å²) in [4.78, 5) is 178. The number of hydrogen-bond acceptors (Lipinski definition) is 17. The van der Waals surface area contributed by atoms with Crippen LogP contribution in [0.5, 0.6) is 5.75 Å². The predicted molar refractivity (Wildman–Crippen MR) is 263 cm³/mol. The number of nitrogens with one attached hydrogen (secondary N) is 4. The molecule has 3 heterocycles. The number of Topliss-reactive ketones (excluding diaryl/α,β-unsaturated/α-hetero) is 3. The van der Waals surface area contributed by atoms with Gasteiger partial charge in [0.15, 0.2) is 5.76 Å². The number of carbonyl (C=O) groups is 14. The van der Waals surface area contributed by atoms with Crippen LogP contribution in [0.3, 0.4) is 0 Å². The Morgan fingerprint density at radius 2 is 1.13 bits per heavy atom. The van der Waals surface area contributed by atoms with E-state index in [1.165, 1.54) is 86.7 Å². The minimum absolute atomic E-state index is 0.0538. The van der Waals surface area contributed by atoms with Crippen molar-refractivity contribution in [1.82, 2.24) is 21.3 Å². The number of rotatable bonds is 20. The third kappa shape index (κ3) is 14.3. The number of amides is 8. The van der Waals surface area contributed by atoms with E-state index in [-0.39, 0.29) is 59.2 Å². The van der Waals surface area contributed by atoms with Gasteiger partial charge in [-0.1, -0.05) is 36.4 Å². The van der Waals surface area contributed by atoms with Gasteiger partial charge in [-0.05, 0) is 55.5 Å². The molecule has 6 rings (SSSR count). The molecule has 0 spiro atoms. The monoisotopic (exact) mass is 1050 g/mol. The number of para-hydroxylation sites is 5. The number of anilines is 4. The highest BCUT2D eigenvalue weighted by molar-refractivity contribution is 6.44. The normalized spacial score (nSPS) is 15.5. The maximum Gasteiger partial charge on any atom is 0.305 e. The van der Waals surface area contributed by atoms with Gasteiger partial charge < -0.3 is 60.0 Å². The van der Waals surface area contributed by atoms with E-state index in [9.17, 15) is 72.2 Å². The van der Waals surface area contributed by atoms with Crippen LogP contribution in [-0.2, 0) is 57.5 Å². The molecule has 0 bridgehead atoms. The Labute approximate surface area is 431 Å². The van der Waals surface area contributed by atoms with Crippen molar-refractivity contribution in [3.8, 4) is 5.75 Å². The van der Waals surface area contributed by atoms with E-state index in [0.29, 0.717) is 12.0 Å². The average Bonchev–Trinajstić information content (AvgIpc) is 3.89. The number of ketones is 3. The number of fused-ring (bicyclic) bond motifs is 2. The third-order valence-corrected chi connectivity index (χ3v) is 11.2. The van der Waals surface area contributed by atoms with Crippen LogP contribution in [-0.4, -0.2) is 157 Å². The summed E-state index contributed by atoms with van der Waals surface area (Å²) in [5, 5.41) is 27.7. The van der Waals surface area contributed by atoms with E-state index in [1.807, 2.05) is 0 Å². The second-order valence-corrected chi connectivity index (χ2v) is 16.6. The lowest BCUT2D eigenvalue weighted by molar-refractivity contribution is -0.139. The molecular formula is C50H50N8O18. The highest BCUT2D eigenvalue weighted by atomic mass is 16.5. The molecule has 0 saturated carbocycles. The van der Waals surface area contributed by atoms with E-state index >= 15 is 0 Å². The molecule has 8 amide bonds. The third-order valence-electron chi connectivity index (χ3n) is 11.2. The minimum atomic E-state index is -1.55. The zero-order valence-corrected chi connectivity index (χ0v) is 40.8. The minimum Gasteiger partial charge on any atom is -0.496 e. The van der Waals surface area contributed by atoms with Gasteiger partial charge in [-0.3, -0.25) is 67.3 Å². The number of nitrogens with zero attached hydrogens (tertiary/aromatic N) is 4. The van der Waals surface area contributed by atoms with Gasteiger partial charge in [0.25, 0.3) is 41.1 Å². The number of carboxylic acid groups (broad SMARTS) is 1. The quantitative estimate of drug-likeness (QED) is 0.0348. The van der Waals surface area contributed by atoms with E-state index in [2.05, 4.69) is 21.3 Å². The summed E-state index contributed by atoms with van der Waals surface area (Å²) in [6.45, 7) is -0.510. The van der Waals surface area contributed by atoms with Crippen molar-refractivity contribution in [3.63, 3.8) is 0 Å². The number of aliphatic hydroxyl groups excluding tert-OH is 1. The number of ether oxygens (including phenoxy) is 1. The van der Waals surface area contributed by atoms with Gasteiger partial charge in [0, 0.05) is 13.3 Å². The second-order valence-electron chi connectivity index (χ2n) is 16.6. The van der Waals surface area contributed by atoms with Crippen molar-refractivity contribution >= 4 is 106 Å². The Bertz CT molecular complexity index is 2940. The average molecular weight is 1050 g/mol. The topological polar surface area (TPSA) is 363 Å². The number of hydrogen-bond donors (Lipinski definition) is 6. The van der Waals surface area contributed by atoms with Gasteiger partial charge in [0.1, 0.15) is 55.9 Å². The molecule has 1 aromatic heterocycles. The zero-order chi connectivity index (χ0) is 55.8. The van der Waals surface area contributed by atoms with Gasteiger partial charge in [0.2, 0.25) is 17.7 Å². The lowest BCUT2D eigenvalue weighted by Crippen LogP contribution is -2.56. The molecule has 0 unspecified atom stereocenters. The van der Waals surface area contributed by atoms with Gasteiger partial charge in [-0.15, -0.1) is 0 Å². The van der Waals surface area contributed by atoms with Crippen molar-refractivity contribution in [3.05, 3.63) is 103 Å². The van der Waals surface area contributed by atoms with E-state index < -0.39 is 122 Å². The highest BCUT2D eigenvalue weighted by Gasteiger charge is 2.40. The molecule has 0 fully saturated rings. The standard InChI is InChI=1S/C26H26N4O10.C24H24N4O8/c1-40-20-9-5-2-6-16(20)24(37)25(38)28-17-11-29(22(34)14-32)18-7-3-4-8-19(18)30(26(17)39)12-21(33)27-15(13-31)10-23(35)36;1-14(30)10-16(13-29)25-21(32)12-28-19-7-4-3-6-18(19)27(15(2)31)11-17(24(28)35)26-23(34)22(33)20-8-5-9-36-20/h2-9,13,15,17,32H,10-12,14H2,1H3,(H,27,33)(H,28,38)(H,35,36);3-9,13,16-17H,10-12H2,1-2H3,(H,25,32)(H,26,34)/t15-,17-;16-,17-/m00/s1. The van der Waals surface area contributed by atoms with Crippen molar-refractivity contribution in [2.24, 2.45) is 0 Å².